The molecular formula is C15H15NO3S2. The maximum Gasteiger partial charge on any atom is 0.341 e. The van der Waals surface area contributed by atoms with E-state index in [2.05, 4.69) is 4.98 Å². The highest BCUT2D eigenvalue weighted by Crippen LogP contribution is 2.21. The number of aryl methyl sites for hydroxylation is 2. The average molecular weight is 321 g/mol. The number of nitrogens with zero attached hydrogens (tertiary/aromatic N) is 1. The number of pyridine rings is 1. The zero-order valence-electron chi connectivity index (χ0n) is 12.0. The Morgan fingerprint density at radius 3 is 2.71 bits per heavy atom. The zero-order valence-corrected chi connectivity index (χ0v) is 13.6. The lowest BCUT2D eigenvalue weighted by Gasteiger charge is -2.06. The molecule has 0 saturated heterocycles. The zero-order chi connectivity index (χ0) is 15.4. The topological polar surface area (TPSA) is 56.3 Å². The van der Waals surface area contributed by atoms with Crippen LogP contribution in [0.15, 0.2) is 29.4 Å². The summed E-state index contributed by atoms with van der Waals surface area (Å²) in [7, 11) is 0. The fraction of sp³-hybridized carbons (Fsp3) is 0.267. The van der Waals surface area contributed by atoms with E-state index >= 15 is 0 Å². The number of ether oxygens (including phenoxy) is 1. The molecule has 2 heterocycles. The van der Waals surface area contributed by atoms with E-state index in [-0.39, 0.29) is 12.4 Å². The van der Waals surface area contributed by atoms with Crippen molar-refractivity contribution in [2.24, 2.45) is 0 Å². The Bertz CT molecular complexity index is 679. The summed E-state index contributed by atoms with van der Waals surface area (Å²) in [4.78, 5) is 30.2. The first-order chi connectivity index (χ1) is 10.0. The van der Waals surface area contributed by atoms with Crippen LogP contribution in [0.25, 0.3) is 0 Å². The monoisotopic (exact) mass is 321 g/mol. The minimum absolute atomic E-state index is 0.181. The molecule has 0 saturated carbocycles. The standard InChI is InChI=1S/C15H15NO3S2/c1-9-7-12(10(2)21-9)13(17)8-19-15(18)11-5-4-6-16-14(11)20-3/h4-7H,8H2,1-3H3. The number of carbonyl (C=O) groups excluding carboxylic acids is 2. The van der Waals surface area contributed by atoms with Gasteiger partial charge in [-0.1, -0.05) is 0 Å². The molecule has 2 rings (SSSR count). The lowest BCUT2D eigenvalue weighted by atomic mass is 10.2. The summed E-state index contributed by atoms with van der Waals surface area (Å²) in [6, 6.07) is 5.14. The lowest BCUT2D eigenvalue weighted by molar-refractivity contribution is 0.0470. The highest BCUT2D eigenvalue weighted by atomic mass is 32.2. The smallest absolute Gasteiger partial charge is 0.341 e. The van der Waals surface area contributed by atoms with E-state index in [9.17, 15) is 9.59 Å². The van der Waals surface area contributed by atoms with Gasteiger partial charge >= 0.3 is 5.97 Å². The minimum Gasteiger partial charge on any atom is -0.454 e. The molecule has 0 aliphatic rings. The number of Topliss-reactive ketones (excluding diaryl/α,β-unsaturated/α-hetero) is 1. The molecule has 0 spiro atoms. The summed E-state index contributed by atoms with van der Waals surface area (Å²) in [5, 5.41) is 0.595. The van der Waals surface area contributed by atoms with Crippen LogP contribution >= 0.6 is 23.1 Å². The van der Waals surface area contributed by atoms with Crippen LogP contribution < -0.4 is 0 Å². The molecule has 0 aromatic carbocycles. The van der Waals surface area contributed by atoms with E-state index in [1.807, 2.05) is 26.2 Å². The number of esters is 1. The highest BCUT2D eigenvalue weighted by Gasteiger charge is 2.17. The number of rotatable bonds is 5. The van der Waals surface area contributed by atoms with E-state index in [0.717, 1.165) is 9.75 Å². The van der Waals surface area contributed by atoms with Gasteiger partial charge in [0.1, 0.15) is 5.03 Å². The Labute approximate surface area is 131 Å². The summed E-state index contributed by atoms with van der Waals surface area (Å²) in [6.07, 6.45) is 3.45. The number of aromatic nitrogens is 1. The van der Waals surface area contributed by atoms with Crippen molar-refractivity contribution in [2.45, 2.75) is 18.9 Å². The second kappa shape index (κ2) is 6.87. The fourth-order valence-corrected chi connectivity index (χ4v) is 3.38. The first-order valence-electron chi connectivity index (χ1n) is 6.29. The second-order valence-corrected chi connectivity index (χ2v) is 6.64. The molecule has 2 aromatic heterocycles. The van der Waals surface area contributed by atoms with Crippen molar-refractivity contribution in [3.8, 4) is 0 Å². The maximum atomic E-state index is 12.1. The molecule has 4 nitrogen and oxygen atoms in total. The number of hydrogen-bond acceptors (Lipinski definition) is 6. The summed E-state index contributed by atoms with van der Waals surface area (Å²) < 4.78 is 5.11. The summed E-state index contributed by atoms with van der Waals surface area (Å²) >= 11 is 2.92. The molecule has 21 heavy (non-hydrogen) atoms. The van der Waals surface area contributed by atoms with Crippen molar-refractivity contribution < 1.29 is 14.3 Å². The van der Waals surface area contributed by atoms with Gasteiger partial charge in [-0.3, -0.25) is 4.79 Å². The van der Waals surface area contributed by atoms with Crippen LogP contribution in [0.2, 0.25) is 0 Å². The number of thiophene rings is 1. The third kappa shape index (κ3) is 3.71. The normalized spacial score (nSPS) is 10.4. The number of thioether (sulfide) groups is 1. The maximum absolute atomic E-state index is 12.1. The van der Waals surface area contributed by atoms with E-state index in [1.165, 1.54) is 11.8 Å². The van der Waals surface area contributed by atoms with Gasteiger partial charge in [-0.15, -0.1) is 23.1 Å². The molecule has 0 aliphatic carbocycles. The molecule has 0 amide bonds. The van der Waals surface area contributed by atoms with E-state index in [0.29, 0.717) is 16.2 Å². The molecule has 0 aliphatic heterocycles. The molecule has 6 heteroatoms. The Kier molecular flexibility index (Phi) is 5.14. The van der Waals surface area contributed by atoms with Crippen LogP contribution in [0.3, 0.4) is 0 Å². The third-order valence-corrected chi connectivity index (χ3v) is 4.54. The van der Waals surface area contributed by atoms with Crippen LogP contribution in [-0.4, -0.2) is 29.6 Å². The predicted octanol–water partition coefficient (Wildman–Crippen LogP) is 3.52. The van der Waals surface area contributed by atoms with Gasteiger partial charge in [0.25, 0.3) is 0 Å². The Hall–Kier alpha value is -1.66. The van der Waals surface area contributed by atoms with E-state index in [1.54, 1.807) is 29.7 Å². The predicted molar refractivity (Wildman–Crippen MR) is 84.4 cm³/mol. The van der Waals surface area contributed by atoms with Gasteiger partial charge in [0.05, 0.1) is 5.56 Å². The van der Waals surface area contributed by atoms with Crippen molar-refractivity contribution in [1.29, 1.82) is 0 Å². The molecule has 0 bridgehead atoms. The molecule has 0 unspecified atom stereocenters. The SMILES string of the molecule is CSc1ncccc1C(=O)OCC(=O)c1cc(C)sc1C. The summed E-state index contributed by atoms with van der Waals surface area (Å²) in [5.74, 6) is -0.704. The van der Waals surface area contributed by atoms with Crippen LogP contribution in [0, 0.1) is 13.8 Å². The van der Waals surface area contributed by atoms with Gasteiger partial charge in [0, 0.05) is 21.5 Å². The van der Waals surface area contributed by atoms with Crippen molar-refractivity contribution in [1.82, 2.24) is 4.98 Å². The lowest BCUT2D eigenvalue weighted by Crippen LogP contribution is -2.15. The van der Waals surface area contributed by atoms with Gasteiger partial charge < -0.3 is 4.74 Å². The molecule has 0 atom stereocenters. The van der Waals surface area contributed by atoms with Crippen LogP contribution in [-0.2, 0) is 4.74 Å². The van der Waals surface area contributed by atoms with Gasteiger partial charge in [-0.25, -0.2) is 9.78 Å². The number of ketones is 1. The van der Waals surface area contributed by atoms with Gasteiger partial charge in [-0.2, -0.15) is 0 Å². The molecule has 0 N–H and O–H groups in total. The Morgan fingerprint density at radius 1 is 1.33 bits per heavy atom. The molecule has 2 aromatic rings. The minimum atomic E-state index is -0.523. The summed E-state index contributed by atoms with van der Waals surface area (Å²) in [5.41, 5.74) is 1.01. The fourth-order valence-electron chi connectivity index (χ4n) is 1.90. The van der Waals surface area contributed by atoms with Crippen LogP contribution in [0.4, 0.5) is 0 Å². The highest BCUT2D eigenvalue weighted by molar-refractivity contribution is 7.98. The number of hydrogen-bond donors (Lipinski definition) is 0. The van der Waals surface area contributed by atoms with Crippen molar-refractivity contribution in [3.05, 3.63) is 45.3 Å². The van der Waals surface area contributed by atoms with Crippen molar-refractivity contribution >= 4 is 34.9 Å². The third-order valence-electron chi connectivity index (χ3n) is 2.86. The average Bonchev–Trinajstić information content (AvgIpc) is 2.83. The van der Waals surface area contributed by atoms with E-state index < -0.39 is 5.97 Å². The van der Waals surface area contributed by atoms with Gasteiger partial charge in [0.2, 0.25) is 5.78 Å². The second-order valence-electron chi connectivity index (χ2n) is 4.39. The van der Waals surface area contributed by atoms with E-state index in [4.69, 9.17) is 4.74 Å². The largest absolute Gasteiger partial charge is 0.454 e. The van der Waals surface area contributed by atoms with Crippen molar-refractivity contribution in [2.75, 3.05) is 12.9 Å². The quantitative estimate of drug-likeness (QED) is 0.479. The molecule has 0 radical (unpaired) electrons. The molecule has 0 fully saturated rings. The van der Waals surface area contributed by atoms with Crippen molar-refractivity contribution in [3.63, 3.8) is 0 Å². The summed E-state index contributed by atoms with van der Waals surface area (Å²) in [6.45, 7) is 3.58. The number of carbonyl (C=O) groups is 2. The van der Waals surface area contributed by atoms with Crippen LogP contribution in [0.5, 0.6) is 0 Å². The first kappa shape index (κ1) is 15.7. The van der Waals surface area contributed by atoms with Gasteiger partial charge in [-0.05, 0) is 38.3 Å². The van der Waals surface area contributed by atoms with Crippen LogP contribution in [0.1, 0.15) is 30.5 Å². The Balaban J connectivity index is 2.04. The molecule has 110 valence electrons. The first-order valence-corrected chi connectivity index (χ1v) is 8.33. The Morgan fingerprint density at radius 2 is 2.10 bits per heavy atom. The van der Waals surface area contributed by atoms with Gasteiger partial charge in [0.15, 0.2) is 6.61 Å². The molecular weight excluding hydrogens is 306 g/mol.